The van der Waals surface area contributed by atoms with E-state index in [1.807, 2.05) is 0 Å². The molecule has 0 N–H and O–H groups in total. The van der Waals surface area contributed by atoms with E-state index in [0.717, 1.165) is 24.3 Å². The van der Waals surface area contributed by atoms with Gasteiger partial charge in [0.25, 0.3) is 0 Å². The second-order valence-electron chi connectivity index (χ2n) is 2.56. The van der Waals surface area contributed by atoms with E-state index in [2.05, 4.69) is 6.58 Å². The van der Waals surface area contributed by atoms with Gasteiger partial charge in [0, 0.05) is 0 Å². The molecule has 1 aromatic carbocycles. The van der Waals surface area contributed by atoms with E-state index in [-0.39, 0.29) is 5.56 Å². The Labute approximate surface area is 78.2 Å². The Morgan fingerprint density at radius 2 is 1.64 bits per heavy atom. The Kier molecular flexibility index (Phi) is 2.77. The van der Waals surface area contributed by atoms with Crippen LogP contribution in [0.15, 0.2) is 36.6 Å². The summed E-state index contributed by atoms with van der Waals surface area (Å²) in [6.45, 7) is 2.95. The lowest BCUT2D eigenvalue weighted by molar-refractivity contribution is -0.0687. The molecule has 0 nitrogen and oxygen atoms in total. The van der Waals surface area contributed by atoms with Crippen molar-refractivity contribution < 1.29 is 17.6 Å². The van der Waals surface area contributed by atoms with Crippen LogP contribution in [0.1, 0.15) is 5.56 Å². The molecule has 0 aliphatic heterocycles. The highest BCUT2D eigenvalue weighted by Gasteiger charge is 2.34. The largest absolute Gasteiger partial charge is 0.424 e. The van der Waals surface area contributed by atoms with Crippen LogP contribution in [0.2, 0.25) is 0 Å². The topological polar surface area (TPSA) is 0 Å². The van der Waals surface area contributed by atoms with Crippen molar-refractivity contribution in [2.75, 3.05) is 0 Å². The smallest absolute Gasteiger partial charge is 0.207 e. The standard InChI is InChI=1S/C10H6F4/c1-2-9(10(12,13)14)7-3-5-8(11)6-4-7/h3-6H,1H2. The van der Waals surface area contributed by atoms with Gasteiger partial charge in [-0.25, -0.2) is 4.39 Å². The third-order valence-electron chi connectivity index (χ3n) is 1.59. The zero-order chi connectivity index (χ0) is 10.8. The Hall–Kier alpha value is -1.54. The van der Waals surface area contributed by atoms with Gasteiger partial charge in [-0.1, -0.05) is 18.7 Å². The van der Waals surface area contributed by atoms with Crippen LogP contribution >= 0.6 is 0 Å². The van der Waals surface area contributed by atoms with Crippen molar-refractivity contribution in [1.82, 2.24) is 0 Å². The molecule has 1 rings (SSSR count). The van der Waals surface area contributed by atoms with Crippen molar-refractivity contribution in [3.63, 3.8) is 0 Å². The van der Waals surface area contributed by atoms with Crippen LogP contribution in [0, 0.1) is 5.82 Å². The Morgan fingerprint density at radius 3 is 2.00 bits per heavy atom. The van der Waals surface area contributed by atoms with E-state index in [1.54, 1.807) is 5.73 Å². The lowest BCUT2D eigenvalue weighted by atomic mass is 10.1. The lowest BCUT2D eigenvalue weighted by Crippen LogP contribution is -2.09. The van der Waals surface area contributed by atoms with Crippen molar-refractivity contribution in [3.8, 4) is 0 Å². The van der Waals surface area contributed by atoms with Gasteiger partial charge in [-0.3, -0.25) is 0 Å². The maximum absolute atomic E-state index is 12.4. The van der Waals surface area contributed by atoms with Gasteiger partial charge in [0.05, 0.1) is 0 Å². The molecule has 0 radical (unpaired) electrons. The summed E-state index contributed by atoms with van der Waals surface area (Å²) >= 11 is 0. The molecule has 0 atom stereocenters. The predicted octanol–water partition coefficient (Wildman–Crippen LogP) is 3.56. The summed E-state index contributed by atoms with van der Waals surface area (Å²) in [7, 11) is 0. The molecular weight excluding hydrogens is 196 g/mol. The first-order valence-electron chi connectivity index (χ1n) is 3.68. The quantitative estimate of drug-likeness (QED) is 0.482. The molecule has 0 amide bonds. The van der Waals surface area contributed by atoms with E-state index >= 15 is 0 Å². The molecule has 4 heteroatoms. The summed E-state index contributed by atoms with van der Waals surface area (Å²) in [6.07, 6.45) is -4.51. The number of allylic oxidation sites excluding steroid dienone is 1. The third kappa shape index (κ3) is 2.24. The summed E-state index contributed by atoms with van der Waals surface area (Å²) in [5.41, 5.74) is 0.664. The Bertz CT molecular complexity index is 366. The van der Waals surface area contributed by atoms with Crippen molar-refractivity contribution >= 4 is 5.57 Å². The first kappa shape index (κ1) is 10.5. The molecule has 0 fully saturated rings. The first-order chi connectivity index (χ1) is 6.45. The summed E-state index contributed by atoms with van der Waals surface area (Å²) in [5.74, 6) is -0.584. The van der Waals surface area contributed by atoms with Gasteiger partial charge < -0.3 is 0 Å². The second kappa shape index (κ2) is 3.68. The summed E-state index contributed by atoms with van der Waals surface area (Å²) in [6, 6.07) is 3.99. The maximum Gasteiger partial charge on any atom is 0.424 e. The van der Waals surface area contributed by atoms with Crippen molar-refractivity contribution in [1.29, 1.82) is 0 Å². The van der Waals surface area contributed by atoms with E-state index in [9.17, 15) is 17.6 Å². The minimum atomic E-state index is -4.51. The molecular formula is C10H6F4. The number of hydrogen-bond acceptors (Lipinski definition) is 0. The molecule has 0 bridgehead atoms. The average molecular weight is 202 g/mol. The molecule has 14 heavy (non-hydrogen) atoms. The normalized spacial score (nSPS) is 10.9. The molecule has 74 valence electrons. The van der Waals surface area contributed by atoms with Crippen LogP contribution in [0.25, 0.3) is 5.57 Å². The highest BCUT2D eigenvalue weighted by Crippen LogP contribution is 2.32. The summed E-state index contributed by atoms with van der Waals surface area (Å²) < 4.78 is 49.2. The van der Waals surface area contributed by atoms with Crippen molar-refractivity contribution in [2.45, 2.75) is 6.18 Å². The molecule has 0 spiro atoms. The molecule has 0 aliphatic rings. The molecule has 0 heterocycles. The number of halogens is 4. The van der Waals surface area contributed by atoms with Gasteiger partial charge in [-0.2, -0.15) is 13.2 Å². The van der Waals surface area contributed by atoms with Crippen LogP contribution in [-0.2, 0) is 0 Å². The lowest BCUT2D eigenvalue weighted by Gasteiger charge is -2.08. The molecule has 0 saturated heterocycles. The zero-order valence-electron chi connectivity index (χ0n) is 7.03. The van der Waals surface area contributed by atoms with E-state index < -0.39 is 17.6 Å². The van der Waals surface area contributed by atoms with Gasteiger partial charge in [-0.15, -0.1) is 5.73 Å². The predicted molar refractivity (Wildman–Crippen MR) is 45.0 cm³/mol. The minimum Gasteiger partial charge on any atom is -0.207 e. The van der Waals surface area contributed by atoms with Crippen molar-refractivity contribution in [3.05, 3.63) is 48.0 Å². The average Bonchev–Trinajstić information content (AvgIpc) is 2.07. The Balaban J connectivity index is 3.16. The monoisotopic (exact) mass is 202 g/mol. The number of alkyl halides is 3. The highest BCUT2D eigenvalue weighted by atomic mass is 19.4. The van der Waals surface area contributed by atoms with Crippen LogP contribution in [0.3, 0.4) is 0 Å². The molecule has 1 aromatic rings. The second-order valence-corrected chi connectivity index (χ2v) is 2.56. The minimum absolute atomic E-state index is 0.145. The third-order valence-corrected chi connectivity index (χ3v) is 1.59. The fourth-order valence-corrected chi connectivity index (χ4v) is 0.983. The molecule has 0 saturated carbocycles. The van der Waals surface area contributed by atoms with Gasteiger partial charge in [-0.05, 0) is 17.7 Å². The van der Waals surface area contributed by atoms with E-state index in [4.69, 9.17) is 0 Å². The fraction of sp³-hybridized carbons (Fsp3) is 0.100. The van der Waals surface area contributed by atoms with Crippen LogP contribution < -0.4 is 0 Å². The Morgan fingerprint density at radius 1 is 1.14 bits per heavy atom. The highest BCUT2D eigenvalue weighted by molar-refractivity contribution is 5.68. The zero-order valence-corrected chi connectivity index (χ0v) is 7.03. The molecule has 0 aliphatic carbocycles. The maximum atomic E-state index is 12.4. The van der Waals surface area contributed by atoms with Crippen LogP contribution in [0.5, 0.6) is 0 Å². The van der Waals surface area contributed by atoms with Crippen LogP contribution in [0.4, 0.5) is 17.6 Å². The van der Waals surface area contributed by atoms with Crippen LogP contribution in [-0.4, -0.2) is 6.18 Å². The van der Waals surface area contributed by atoms with Gasteiger partial charge in [0.15, 0.2) is 0 Å². The number of rotatable bonds is 1. The van der Waals surface area contributed by atoms with Gasteiger partial charge in [0.2, 0.25) is 0 Å². The summed E-state index contributed by atoms with van der Waals surface area (Å²) in [4.78, 5) is 0. The van der Waals surface area contributed by atoms with E-state index in [1.165, 1.54) is 0 Å². The molecule has 0 unspecified atom stereocenters. The number of benzene rings is 1. The van der Waals surface area contributed by atoms with E-state index in [0.29, 0.717) is 0 Å². The number of hydrogen-bond donors (Lipinski definition) is 0. The fourth-order valence-electron chi connectivity index (χ4n) is 0.983. The molecule has 0 aromatic heterocycles. The SMILES string of the molecule is C=C=C(c1ccc(F)cc1)C(F)(F)F. The van der Waals surface area contributed by atoms with Crippen molar-refractivity contribution in [2.24, 2.45) is 0 Å². The van der Waals surface area contributed by atoms with Gasteiger partial charge >= 0.3 is 6.18 Å². The summed E-state index contributed by atoms with van der Waals surface area (Å²) in [5, 5.41) is 0. The first-order valence-corrected chi connectivity index (χ1v) is 3.68. The van der Waals surface area contributed by atoms with Gasteiger partial charge in [0.1, 0.15) is 11.4 Å².